The first kappa shape index (κ1) is 14.9. The van der Waals surface area contributed by atoms with Crippen molar-refractivity contribution in [3.05, 3.63) is 29.8 Å². The van der Waals surface area contributed by atoms with Crippen molar-refractivity contribution in [1.82, 2.24) is 9.62 Å². The Bertz CT molecular complexity index is 457. The van der Waals surface area contributed by atoms with Gasteiger partial charge in [0.15, 0.2) is 0 Å². The van der Waals surface area contributed by atoms with Crippen molar-refractivity contribution in [2.75, 3.05) is 31.9 Å². The molecule has 0 bridgehead atoms. The van der Waals surface area contributed by atoms with Crippen LogP contribution in [0.4, 0.5) is 5.69 Å². The number of benzene rings is 1. The normalized spacial score (nSPS) is 11.8. The molecule has 0 aromatic heterocycles. The summed E-state index contributed by atoms with van der Waals surface area (Å²) in [4.78, 5) is 0. The number of anilines is 1. The third kappa shape index (κ3) is 4.64. The van der Waals surface area contributed by atoms with E-state index in [9.17, 15) is 8.42 Å². The molecule has 102 valence electrons. The monoisotopic (exact) mass is 271 g/mol. The SMILES string of the molecule is CNCCCN(C)S(=O)(=O)Nc1ccc(C)cc1. The number of hydrogen-bond acceptors (Lipinski definition) is 3. The van der Waals surface area contributed by atoms with E-state index < -0.39 is 10.2 Å². The Morgan fingerprint density at radius 2 is 1.83 bits per heavy atom. The van der Waals surface area contributed by atoms with Gasteiger partial charge in [0, 0.05) is 19.3 Å². The van der Waals surface area contributed by atoms with Crippen molar-refractivity contribution in [1.29, 1.82) is 0 Å². The van der Waals surface area contributed by atoms with Gasteiger partial charge in [-0.1, -0.05) is 17.7 Å². The average molecular weight is 271 g/mol. The average Bonchev–Trinajstić information content (AvgIpc) is 2.32. The highest BCUT2D eigenvalue weighted by atomic mass is 32.2. The lowest BCUT2D eigenvalue weighted by Gasteiger charge is -2.18. The van der Waals surface area contributed by atoms with Gasteiger partial charge in [0.2, 0.25) is 0 Å². The Kier molecular flexibility index (Phi) is 5.58. The highest BCUT2D eigenvalue weighted by molar-refractivity contribution is 7.90. The number of hydrogen-bond donors (Lipinski definition) is 2. The third-order valence-electron chi connectivity index (χ3n) is 2.61. The minimum Gasteiger partial charge on any atom is -0.320 e. The molecule has 18 heavy (non-hydrogen) atoms. The van der Waals surface area contributed by atoms with Crippen LogP contribution in [0.5, 0.6) is 0 Å². The molecule has 0 spiro atoms. The predicted molar refractivity (Wildman–Crippen MR) is 74.9 cm³/mol. The second-order valence-corrected chi connectivity index (χ2v) is 6.03. The fourth-order valence-corrected chi connectivity index (χ4v) is 2.41. The zero-order valence-electron chi connectivity index (χ0n) is 11.1. The molecular formula is C12H21N3O2S. The van der Waals surface area contributed by atoms with Gasteiger partial charge >= 0.3 is 10.2 Å². The van der Waals surface area contributed by atoms with Crippen LogP contribution < -0.4 is 10.0 Å². The molecule has 0 aliphatic carbocycles. The summed E-state index contributed by atoms with van der Waals surface area (Å²) in [6, 6.07) is 7.26. The largest absolute Gasteiger partial charge is 0.320 e. The molecule has 5 nitrogen and oxygen atoms in total. The Labute approximate surface area is 109 Å². The van der Waals surface area contributed by atoms with Crippen molar-refractivity contribution in [2.45, 2.75) is 13.3 Å². The van der Waals surface area contributed by atoms with E-state index in [1.54, 1.807) is 19.2 Å². The fraction of sp³-hybridized carbons (Fsp3) is 0.500. The molecule has 0 fully saturated rings. The molecule has 0 amide bonds. The maximum absolute atomic E-state index is 12.0. The molecule has 2 N–H and O–H groups in total. The minimum atomic E-state index is -3.45. The van der Waals surface area contributed by atoms with Gasteiger partial charge in [-0.3, -0.25) is 4.72 Å². The first-order chi connectivity index (χ1) is 8.45. The van der Waals surface area contributed by atoms with Gasteiger partial charge in [-0.25, -0.2) is 0 Å². The van der Waals surface area contributed by atoms with Gasteiger partial charge in [0.25, 0.3) is 0 Å². The molecule has 0 heterocycles. The summed E-state index contributed by atoms with van der Waals surface area (Å²) in [5.74, 6) is 0. The van der Waals surface area contributed by atoms with Gasteiger partial charge < -0.3 is 5.32 Å². The molecule has 0 radical (unpaired) electrons. The Morgan fingerprint density at radius 3 is 2.39 bits per heavy atom. The predicted octanol–water partition coefficient (Wildman–Crippen LogP) is 1.19. The van der Waals surface area contributed by atoms with Crippen LogP contribution in [0.2, 0.25) is 0 Å². The Hall–Kier alpha value is -1.11. The lowest BCUT2D eigenvalue weighted by molar-refractivity contribution is 0.462. The maximum Gasteiger partial charge on any atom is 0.301 e. The summed E-state index contributed by atoms with van der Waals surface area (Å²) in [5.41, 5.74) is 1.68. The number of nitrogens with zero attached hydrogens (tertiary/aromatic N) is 1. The molecule has 0 saturated heterocycles. The van der Waals surface area contributed by atoms with Gasteiger partial charge in [-0.05, 0) is 39.1 Å². The van der Waals surface area contributed by atoms with Gasteiger partial charge in [0.1, 0.15) is 0 Å². The highest BCUT2D eigenvalue weighted by Crippen LogP contribution is 2.12. The summed E-state index contributed by atoms with van der Waals surface area (Å²) in [6.07, 6.45) is 0.780. The van der Waals surface area contributed by atoms with E-state index in [-0.39, 0.29) is 0 Å². The molecule has 0 atom stereocenters. The first-order valence-corrected chi connectivity index (χ1v) is 7.35. The summed E-state index contributed by atoms with van der Waals surface area (Å²) < 4.78 is 27.8. The van der Waals surface area contributed by atoms with E-state index in [0.29, 0.717) is 12.2 Å². The van der Waals surface area contributed by atoms with Crippen molar-refractivity contribution in [3.8, 4) is 0 Å². The van der Waals surface area contributed by atoms with Crippen LogP contribution in [0, 0.1) is 6.92 Å². The van der Waals surface area contributed by atoms with E-state index in [0.717, 1.165) is 18.5 Å². The van der Waals surface area contributed by atoms with E-state index in [2.05, 4.69) is 10.0 Å². The van der Waals surface area contributed by atoms with E-state index >= 15 is 0 Å². The minimum absolute atomic E-state index is 0.488. The molecule has 1 aromatic carbocycles. The van der Waals surface area contributed by atoms with Crippen LogP contribution in [0.3, 0.4) is 0 Å². The number of aryl methyl sites for hydroxylation is 1. The molecular weight excluding hydrogens is 250 g/mol. The Morgan fingerprint density at radius 1 is 1.22 bits per heavy atom. The topological polar surface area (TPSA) is 61.4 Å². The first-order valence-electron chi connectivity index (χ1n) is 5.91. The summed E-state index contributed by atoms with van der Waals surface area (Å²) in [6.45, 7) is 3.24. The third-order valence-corrected chi connectivity index (χ3v) is 4.11. The van der Waals surface area contributed by atoms with Gasteiger partial charge in [0.05, 0.1) is 0 Å². The van der Waals surface area contributed by atoms with Gasteiger partial charge in [-0.2, -0.15) is 12.7 Å². The quantitative estimate of drug-likeness (QED) is 0.732. The molecule has 0 aliphatic rings. The second kappa shape index (κ2) is 6.72. The zero-order valence-corrected chi connectivity index (χ0v) is 11.9. The summed E-state index contributed by atoms with van der Waals surface area (Å²) >= 11 is 0. The summed E-state index contributed by atoms with van der Waals surface area (Å²) in [7, 11) is -0.0292. The molecule has 6 heteroatoms. The zero-order chi connectivity index (χ0) is 13.6. The second-order valence-electron chi connectivity index (χ2n) is 4.25. The fourth-order valence-electron chi connectivity index (χ4n) is 1.45. The van der Waals surface area contributed by atoms with Crippen molar-refractivity contribution in [3.63, 3.8) is 0 Å². The van der Waals surface area contributed by atoms with Crippen LogP contribution in [-0.4, -0.2) is 39.9 Å². The van der Waals surface area contributed by atoms with Crippen LogP contribution in [0.15, 0.2) is 24.3 Å². The Balaban J connectivity index is 2.60. The lowest BCUT2D eigenvalue weighted by atomic mass is 10.2. The van der Waals surface area contributed by atoms with E-state index in [1.165, 1.54) is 4.31 Å². The maximum atomic E-state index is 12.0. The van der Waals surface area contributed by atoms with Crippen LogP contribution in [0.1, 0.15) is 12.0 Å². The van der Waals surface area contributed by atoms with Crippen LogP contribution in [0.25, 0.3) is 0 Å². The molecule has 0 saturated carbocycles. The molecule has 0 unspecified atom stereocenters. The van der Waals surface area contributed by atoms with Crippen molar-refractivity contribution < 1.29 is 8.42 Å². The van der Waals surface area contributed by atoms with Crippen molar-refractivity contribution >= 4 is 15.9 Å². The van der Waals surface area contributed by atoms with E-state index in [1.807, 2.05) is 26.1 Å². The van der Waals surface area contributed by atoms with Crippen LogP contribution in [-0.2, 0) is 10.2 Å². The number of rotatable bonds is 7. The van der Waals surface area contributed by atoms with E-state index in [4.69, 9.17) is 0 Å². The smallest absolute Gasteiger partial charge is 0.301 e. The highest BCUT2D eigenvalue weighted by Gasteiger charge is 2.16. The lowest BCUT2D eigenvalue weighted by Crippen LogP contribution is -2.34. The summed E-state index contributed by atoms with van der Waals surface area (Å²) in [5, 5.41) is 2.99. The standard InChI is InChI=1S/C12H21N3O2S/c1-11-5-7-12(8-6-11)14-18(16,17)15(3)10-4-9-13-2/h5-8,13-14H,4,9-10H2,1-3H3. The van der Waals surface area contributed by atoms with Crippen LogP contribution >= 0.6 is 0 Å². The van der Waals surface area contributed by atoms with Gasteiger partial charge in [-0.15, -0.1) is 0 Å². The molecule has 1 rings (SSSR count). The number of nitrogens with one attached hydrogen (secondary N) is 2. The van der Waals surface area contributed by atoms with Crippen molar-refractivity contribution in [2.24, 2.45) is 0 Å². The molecule has 0 aliphatic heterocycles. The molecule has 1 aromatic rings.